The molecule has 0 fully saturated rings. The molecule has 2 aliphatic heterocycles. The zero-order chi connectivity index (χ0) is 45.5. The summed E-state index contributed by atoms with van der Waals surface area (Å²) in [6, 6.07) is 78.9. The van der Waals surface area contributed by atoms with Gasteiger partial charge in [0.1, 0.15) is 23.0 Å². The molecule has 5 nitrogen and oxygen atoms in total. The number of hydrogen-bond donors (Lipinski definition) is 0. The first-order chi connectivity index (χ1) is 34.0. The predicted octanol–water partition coefficient (Wildman–Crippen LogP) is 14.4. The maximum absolute atomic E-state index is 7.75. The Labute approximate surface area is 399 Å². The van der Waals surface area contributed by atoms with E-state index in [1.54, 1.807) is 0 Å². The molecule has 0 saturated carbocycles. The number of nitrogens with zero attached hydrogens (tertiary/aromatic N) is 3. The molecule has 4 heterocycles. The van der Waals surface area contributed by atoms with Gasteiger partial charge in [-0.3, -0.25) is 0 Å². The third kappa shape index (κ3) is 5.31. The van der Waals surface area contributed by atoms with Crippen molar-refractivity contribution in [3.63, 3.8) is 0 Å². The smallest absolute Gasteiger partial charge is 0.260 e. The molecule has 1 aliphatic carbocycles. The Morgan fingerprint density at radius 3 is 1.67 bits per heavy atom. The molecule has 2 aromatic heterocycles. The summed E-state index contributed by atoms with van der Waals surface area (Å²) in [6.45, 7) is 4.59. The number of fused-ring (bicyclic) bond motifs is 15. The van der Waals surface area contributed by atoms with Crippen LogP contribution < -0.4 is 30.8 Å². The third-order valence-corrected chi connectivity index (χ3v) is 15.2. The van der Waals surface area contributed by atoms with Crippen molar-refractivity contribution in [2.75, 3.05) is 4.90 Å². The quantitative estimate of drug-likeness (QED) is 0.161. The summed E-state index contributed by atoms with van der Waals surface area (Å²) in [5.41, 5.74) is 17.9. The van der Waals surface area contributed by atoms with E-state index in [9.17, 15) is 0 Å². The lowest BCUT2D eigenvalue weighted by atomic mass is 9.34. The van der Waals surface area contributed by atoms with Gasteiger partial charge in [0.15, 0.2) is 0 Å². The Hall–Kier alpha value is -8.74. The van der Waals surface area contributed by atoms with Crippen molar-refractivity contribution in [2.24, 2.45) is 0 Å². The molecule has 0 N–H and O–H groups in total. The first-order valence-corrected chi connectivity index (χ1v) is 23.9. The first kappa shape index (κ1) is 38.4. The van der Waals surface area contributed by atoms with Crippen molar-refractivity contribution in [1.29, 1.82) is 0 Å². The zero-order valence-electron chi connectivity index (χ0n) is 38.0. The molecule has 0 saturated heterocycles. The van der Waals surface area contributed by atoms with Gasteiger partial charge in [0.05, 0.1) is 27.5 Å². The summed E-state index contributed by atoms with van der Waals surface area (Å²) in [7, 11) is 0. The Morgan fingerprint density at radius 1 is 0.420 bits per heavy atom. The third-order valence-electron chi connectivity index (χ3n) is 15.2. The number of benzene rings is 10. The van der Waals surface area contributed by atoms with Gasteiger partial charge >= 0.3 is 0 Å². The second-order valence-corrected chi connectivity index (χ2v) is 19.2. The Balaban J connectivity index is 1.00. The molecule has 0 spiro atoms. The summed E-state index contributed by atoms with van der Waals surface area (Å²) < 4.78 is 19.8. The molecular formula is C63H42BN3O2. The van der Waals surface area contributed by atoms with Crippen LogP contribution in [0.2, 0.25) is 0 Å². The first-order valence-electron chi connectivity index (χ1n) is 23.9. The van der Waals surface area contributed by atoms with E-state index in [0.29, 0.717) is 0 Å². The van der Waals surface area contributed by atoms with Crippen LogP contribution in [0, 0.1) is 0 Å². The highest BCUT2D eigenvalue weighted by Gasteiger charge is 2.47. The van der Waals surface area contributed by atoms with E-state index < -0.39 is 5.41 Å². The van der Waals surface area contributed by atoms with E-state index in [0.717, 1.165) is 101 Å². The van der Waals surface area contributed by atoms with Crippen LogP contribution in [0.15, 0.2) is 218 Å². The van der Waals surface area contributed by atoms with Crippen molar-refractivity contribution in [2.45, 2.75) is 19.3 Å². The van der Waals surface area contributed by atoms with Crippen molar-refractivity contribution >= 4 is 83.8 Å². The number of anilines is 3. The largest absolute Gasteiger partial charge is 0.458 e. The second kappa shape index (κ2) is 14.1. The van der Waals surface area contributed by atoms with Gasteiger partial charge < -0.3 is 23.5 Å². The van der Waals surface area contributed by atoms with E-state index >= 15 is 0 Å². The number of aromatic nitrogens is 2. The van der Waals surface area contributed by atoms with Crippen LogP contribution in [0.25, 0.3) is 66.1 Å². The van der Waals surface area contributed by atoms with Crippen molar-refractivity contribution in [3.05, 3.63) is 230 Å². The van der Waals surface area contributed by atoms with E-state index in [-0.39, 0.29) is 6.71 Å². The summed E-state index contributed by atoms with van der Waals surface area (Å²) >= 11 is 0. The Kier molecular flexibility index (Phi) is 7.87. The van der Waals surface area contributed by atoms with E-state index in [2.05, 4.69) is 246 Å². The summed E-state index contributed by atoms with van der Waals surface area (Å²) in [4.78, 5) is 2.36. The fourth-order valence-electron chi connectivity index (χ4n) is 12.2. The molecule has 3 aliphatic rings. The minimum Gasteiger partial charge on any atom is -0.458 e. The van der Waals surface area contributed by atoms with Crippen LogP contribution in [0.5, 0.6) is 23.0 Å². The number of ether oxygens (including phenoxy) is 2. The van der Waals surface area contributed by atoms with Crippen molar-refractivity contribution in [1.82, 2.24) is 9.13 Å². The minimum atomic E-state index is -0.418. The average molecular weight is 884 g/mol. The summed E-state index contributed by atoms with van der Waals surface area (Å²) in [5.74, 6) is 3.47. The van der Waals surface area contributed by atoms with Crippen LogP contribution >= 0.6 is 0 Å². The fraction of sp³-hybridized carbons (Fsp3) is 0.0476. The number of para-hydroxylation sites is 6. The maximum Gasteiger partial charge on any atom is 0.260 e. The van der Waals surface area contributed by atoms with Gasteiger partial charge in [0.2, 0.25) is 0 Å². The molecule has 69 heavy (non-hydrogen) atoms. The van der Waals surface area contributed by atoms with Gasteiger partial charge in [-0.25, -0.2) is 0 Å². The van der Waals surface area contributed by atoms with Gasteiger partial charge in [0, 0.05) is 73.2 Å². The van der Waals surface area contributed by atoms with Gasteiger partial charge in [0.25, 0.3) is 6.71 Å². The lowest BCUT2D eigenvalue weighted by molar-refractivity contribution is 0.459. The Morgan fingerprint density at radius 2 is 0.986 bits per heavy atom. The fourth-order valence-corrected chi connectivity index (χ4v) is 12.2. The molecule has 0 unspecified atom stereocenters. The summed E-state index contributed by atoms with van der Waals surface area (Å²) in [6.07, 6.45) is 0. The van der Waals surface area contributed by atoms with Gasteiger partial charge in [-0.05, 0) is 100 Å². The molecule has 0 atom stereocenters. The summed E-state index contributed by atoms with van der Waals surface area (Å²) in [5, 5.41) is 4.64. The molecule has 10 aromatic carbocycles. The number of hydrogen-bond acceptors (Lipinski definition) is 3. The maximum atomic E-state index is 7.75. The molecule has 0 bridgehead atoms. The highest BCUT2D eigenvalue weighted by molar-refractivity contribution is 6.98. The molecule has 6 heteroatoms. The van der Waals surface area contributed by atoms with E-state index in [1.807, 2.05) is 0 Å². The minimum absolute atomic E-state index is 0.166. The Bertz CT molecular complexity index is 4060. The highest BCUT2D eigenvalue weighted by atomic mass is 16.5. The molecule has 324 valence electrons. The van der Waals surface area contributed by atoms with Crippen LogP contribution in [0.4, 0.5) is 17.1 Å². The van der Waals surface area contributed by atoms with Crippen molar-refractivity contribution in [3.8, 4) is 45.5 Å². The molecule has 0 amide bonds. The standard InChI is InChI=1S/C63H42BN3O2/c1-63(2)49-35-43(65(39-19-7-3-8-20-39)40-21-9-4-10-22-40)31-32-44(49)46-33-34-50-61(59(46)63)69-62-58-47-28-16-18-30-53(47)67(42-25-13-6-14-26-42)55(58)38-57-60(62)64(50)51-36-48-45-27-15-17-29-52(45)66(41-23-11-5-12-24-41)54(48)37-56(51)68-57/h3-38H,1-2H3. The lowest BCUT2D eigenvalue weighted by Crippen LogP contribution is -2.57. The predicted molar refractivity (Wildman–Crippen MR) is 285 cm³/mol. The van der Waals surface area contributed by atoms with Gasteiger partial charge in [-0.2, -0.15) is 0 Å². The molecular weight excluding hydrogens is 842 g/mol. The molecule has 0 radical (unpaired) electrons. The zero-order valence-corrected chi connectivity index (χ0v) is 38.0. The molecule has 12 aromatic rings. The molecule has 15 rings (SSSR count). The van der Waals surface area contributed by atoms with Crippen molar-refractivity contribution < 1.29 is 9.47 Å². The van der Waals surface area contributed by atoms with Crippen LogP contribution in [0.3, 0.4) is 0 Å². The number of rotatable bonds is 5. The topological polar surface area (TPSA) is 31.6 Å². The monoisotopic (exact) mass is 883 g/mol. The second-order valence-electron chi connectivity index (χ2n) is 19.2. The van der Waals surface area contributed by atoms with E-state index in [1.165, 1.54) is 33.0 Å². The lowest BCUT2D eigenvalue weighted by Gasteiger charge is -2.36. The van der Waals surface area contributed by atoms with E-state index in [4.69, 9.17) is 9.47 Å². The SMILES string of the molecule is CC1(C)c2cc(N(c3ccccc3)c3ccccc3)ccc2-c2ccc3c(c21)Oc1c2c(cc4c1c1ccccc1n4-c1ccccc1)Oc1cc4c(cc1B32)c1ccccc1n4-c1ccccc1. The average Bonchev–Trinajstić information content (AvgIpc) is 3.99. The van der Waals surface area contributed by atoms with Gasteiger partial charge in [-0.1, -0.05) is 147 Å². The van der Waals surface area contributed by atoms with Crippen LogP contribution in [0.1, 0.15) is 25.0 Å². The van der Waals surface area contributed by atoms with Gasteiger partial charge in [-0.15, -0.1) is 0 Å². The normalized spacial score (nSPS) is 13.7. The van der Waals surface area contributed by atoms with Crippen LogP contribution in [-0.2, 0) is 5.41 Å². The highest BCUT2D eigenvalue weighted by Crippen LogP contribution is 2.56. The van der Waals surface area contributed by atoms with Crippen LogP contribution in [-0.4, -0.2) is 15.8 Å².